The molecule has 1 aromatic carbocycles. The van der Waals surface area contributed by atoms with Crippen molar-refractivity contribution in [1.29, 1.82) is 0 Å². The van der Waals surface area contributed by atoms with Crippen molar-refractivity contribution in [3.8, 4) is 10.4 Å². The predicted molar refractivity (Wildman–Crippen MR) is 82.1 cm³/mol. The third-order valence-corrected chi connectivity index (χ3v) is 4.00. The van der Waals surface area contributed by atoms with E-state index in [1.165, 1.54) is 23.3 Å². The number of benzene rings is 1. The summed E-state index contributed by atoms with van der Waals surface area (Å²) in [6.45, 7) is 0. The molecule has 4 heteroatoms. The van der Waals surface area contributed by atoms with Gasteiger partial charge < -0.3 is 10.6 Å². The lowest BCUT2D eigenvalue weighted by Gasteiger charge is -2.12. The fourth-order valence-electron chi connectivity index (χ4n) is 1.81. The summed E-state index contributed by atoms with van der Waals surface area (Å²) in [5, 5.41) is 9.41. The molecule has 0 saturated heterocycles. The lowest BCUT2D eigenvalue weighted by atomic mass is 10.1. The highest BCUT2D eigenvalue weighted by Crippen LogP contribution is 2.31. The molecule has 2 N–H and O–H groups in total. The van der Waals surface area contributed by atoms with Crippen LogP contribution in [0.3, 0.4) is 0 Å². The molecule has 0 unspecified atom stereocenters. The molecule has 1 aliphatic rings. The molecule has 1 aliphatic carbocycles. The van der Waals surface area contributed by atoms with Crippen LogP contribution in [0, 0.1) is 0 Å². The van der Waals surface area contributed by atoms with Crippen LogP contribution in [0.1, 0.15) is 12.8 Å². The van der Waals surface area contributed by atoms with Gasteiger partial charge in [0.1, 0.15) is 0 Å². The van der Waals surface area contributed by atoms with Crippen LogP contribution in [0.4, 0.5) is 5.69 Å². The lowest BCUT2D eigenvalue weighted by molar-refractivity contribution is 0.919. The molecule has 1 aromatic heterocycles. The minimum atomic E-state index is 0.582. The Morgan fingerprint density at radius 3 is 2.72 bits per heavy atom. The van der Waals surface area contributed by atoms with Gasteiger partial charge in [0, 0.05) is 22.2 Å². The van der Waals surface area contributed by atoms with E-state index in [9.17, 15) is 0 Å². The zero-order valence-electron chi connectivity index (χ0n) is 9.85. The van der Waals surface area contributed by atoms with E-state index in [1.807, 2.05) is 6.07 Å². The first-order chi connectivity index (χ1) is 8.83. The Morgan fingerprint density at radius 1 is 1.17 bits per heavy atom. The zero-order valence-corrected chi connectivity index (χ0v) is 11.5. The number of hydrogen-bond donors (Lipinski definition) is 2. The van der Waals surface area contributed by atoms with Crippen LogP contribution in [0.15, 0.2) is 41.8 Å². The van der Waals surface area contributed by atoms with E-state index in [2.05, 4.69) is 46.3 Å². The molecule has 0 atom stereocenters. The van der Waals surface area contributed by atoms with Gasteiger partial charge in [-0.1, -0.05) is 24.3 Å². The van der Waals surface area contributed by atoms with Gasteiger partial charge in [-0.25, -0.2) is 0 Å². The van der Waals surface area contributed by atoms with Gasteiger partial charge >= 0.3 is 0 Å². The van der Waals surface area contributed by atoms with Crippen LogP contribution in [-0.2, 0) is 0 Å². The smallest absolute Gasteiger partial charge is 0.171 e. The standard InChI is InChI=1S/C14H14N2S2/c17-14(15-10-7-8-10)16-12-5-2-1-4-11(12)13-6-3-9-18-13/h1-6,9-10H,7-8H2,(H2,15,16,17). The van der Waals surface area contributed by atoms with Gasteiger partial charge in [-0.05, 0) is 42.6 Å². The number of hydrogen-bond acceptors (Lipinski definition) is 2. The molecule has 0 radical (unpaired) electrons. The van der Waals surface area contributed by atoms with Crippen molar-refractivity contribution in [1.82, 2.24) is 5.32 Å². The van der Waals surface area contributed by atoms with E-state index >= 15 is 0 Å². The Labute approximate surface area is 116 Å². The first kappa shape index (κ1) is 11.7. The van der Waals surface area contributed by atoms with Crippen molar-refractivity contribution in [3.63, 3.8) is 0 Å². The molecule has 0 bridgehead atoms. The Balaban J connectivity index is 1.80. The fraction of sp³-hybridized carbons (Fsp3) is 0.214. The first-order valence-corrected chi connectivity index (χ1v) is 7.32. The number of thiocarbonyl (C=S) groups is 1. The van der Waals surface area contributed by atoms with Gasteiger partial charge in [-0.3, -0.25) is 0 Å². The van der Waals surface area contributed by atoms with Gasteiger partial charge in [-0.2, -0.15) is 0 Å². The summed E-state index contributed by atoms with van der Waals surface area (Å²) < 4.78 is 0. The average molecular weight is 274 g/mol. The van der Waals surface area contributed by atoms with Crippen LogP contribution in [0.5, 0.6) is 0 Å². The molecule has 3 rings (SSSR count). The fourth-order valence-corrected chi connectivity index (χ4v) is 2.85. The number of anilines is 1. The first-order valence-electron chi connectivity index (χ1n) is 6.03. The van der Waals surface area contributed by atoms with E-state index in [0.717, 1.165) is 10.8 Å². The highest BCUT2D eigenvalue weighted by molar-refractivity contribution is 7.80. The summed E-state index contributed by atoms with van der Waals surface area (Å²) in [5.74, 6) is 0. The molecule has 1 fully saturated rings. The zero-order chi connectivity index (χ0) is 12.4. The van der Waals surface area contributed by atoms with Crippen LogP contribution < -0.4 is 10.6 Å². The molecule has 0 aliphatic heterocycles. The molecule has 1 saturated carbocycles. The van der Waals surface area contributed by atoms with E-state index in [-0.39, 0.29) is 0 Å². The Hall–Kier alpha value is -1.39. The van der Waals surface area contributed by atoms with Crippen molar-refractivity contribution in [3.05, 3.63) is 41.8 Å². The summed E-state index contributed by atoms with van der Waals surface area (Å²) in [5.41, 5.74) is 2.27. The Morgan fingerprint density at radius 2 is 2.00 bits per heavy atom. The number of thiophene rings is 1. The van der Waals surface area contributed by atoms with Gasteiger partial charge in [-0.15, -0.1) is 11.3 Å². The van der Waals surface area contributed by atoms with Crippen LogP contribution in [0.25, 0.3) is 10.4 Å². The number of nitrogens with one attached hydrogen (secondary N) is 2. The van der Waals surface area contributed by atoms with Crippen molar-refractivity contribution >= 4 is 34.4 Å². The van der Waals surface area contributed by atoms with E-state index < -0.39 is 0 Å². The van der Waals surface area contributed by atoms with Crippen LogP contribution in [0.2, 0.25) is 0 Å². The molecule has 1 heterocycles. The second-order valence-electron chi connectivity index (χ2n) is 4.40. The number of para-hydroxylation sites is 1. The average Bonchev–Trinajstić information content (AvgIpc) is 3.01. The van der Waals surface area contributed by atoms with E-state index in [0.29, 0.717) is 6.04 Å². The second-order valence-corrected chi connectivity index (χ2v) is 5.75. The number of rotatable bonds is 3. The molecule has 2 aromatic rings. The summed E-state index contributed by atoms with van der Waals surface area (Å²) in [6, 6.07) is 13.0. The highest BCUT2D eigenvalue weighted by atomic mass is 32.1. The molecule has 0 spiro atoms. The molecular weight excluding hydrogens is 260 g/mol. The predicted octanol–water partition coefficient (Wildman–Crippen LogP) is 3.86. The summed E-state index contributed by atoms with van der Waals surface area (Å²) in [7, 11) is 0. The van der Waals surface area contributed by atoms with Crippen molar-refractivity contribution in [2.75, 3.05) is 5.32 Å². The quantitative estimate of drug-likeness (QED) is 0.831. The SMILES string of the molecule is S=C(Nc1ccccc1-c1cccs1)NC1CC1. The molecule has 92 valence electrons. The minimum Gasteiger partial charge on any atom is -0.360 e. The lowest BCUT2D eigenvalue weighted by Crippen LogP contribution is -2.30. The second kappa shape index (κ2) is 5.08. The maximum absolute atomic E-state index is 5.32. The van der Waals surface area contributed by atoms with Gasteiger partial charge in [0.05, 0.1) is 0 Å². The van der Waals surface area contributed by atoms with Crippen LogP contribution >= 0.6 is 23.6 Å². The third kappa shape index (κ3) is 2.71. The van der Waals surface area contributed by atoms with Crippen molar-refractivity contribution in [2.45, 2.75) is 18.9 Å². The van der Waals surface area contributed by atoms with Gasteiger partial charge in [0.2, 0.25) is 0 Å². The minimum absolute atomic E-state index is 0.582. The third-order valence-electron chi connectivity index (χ3n) is 2.87. The normalized spacial score (nSPS) is 14.2. The monoisotopic (exact) mass is 274 g/mol. The molecule has 18 heavy (non-hydrogen) atoms. The topological polar surface area (TPSA) is 24.1 Å². The van der Waals surface area contributed by atoms with Gasteiger partial charge in [0.25, 0.3) is 0 Å². The Bertz CT molecular complexity index is 545. The molecular formula is C14H14N2S2. The highest BCUT2D eigenvalue weighted by Gasteiger charge is 2.21. The van der Waals surface area contributed by atoms with E-state index in [4.69, 9.17) is 12.2 Å². The maximum Gasteiger partial charge on any atom is 0.171 e. The summed E-state index contributed by atoms with van der Waals surface area (Å²) in [4.78, 5) is 1.26. The molecule has 2 nitrogen and oxygen atoms in total. The van der Waals surface area contributed by atoms with Crippen molar-refractivity contribution < 1.29 is 0 Å². The molecule has 0 amide bonds. The van der Waals surface area contributed by atoms with Crippen LogP contribution in [-0.4, -0.2) is 11.2 Å². The van der Waals surface area contributed by atoms with E-state index in [1.54, 1.807) is 11.3 Å². The summed E-state index contributed by atoms with van der Waals surface area (Å²) in [6.07, 6.45) is 2.46. The largest absolute Gasteiger partial charge is 0.360 e. The summed E-state index contributed by atoms with van der Waals surface area (Å²) >= 11 is 7.06. The maximum atomic E-state index is 5.32. The van der Waals surface area contributed by atoms with Crippen molar-refractivity contribution in [2.24, 2.45) is 0 Å². The van der Waals surface area contributed by atoms with Gasteiger partial charge in [0.15, 0.2) is 5.11 Å². The Kier molecular flexibility index (Phi) is 3.30.